The van der Waals surface area contributed by atoms with Crippen LogP contribution in [0.2, 0.25) is 0 Å². The van der Waals surface area contributed by atoms with Gasteiger partial charge in [-0.25, -0.2) is 0 Å². The number of nitrogen functional groups attached to an aromatic ring is 1. The van der Waals surface area contributed by atoms with Crippen LogP contribution in [0.3, 0.4) is 0 Å². The van der Waals surface area contributed by atoms with Gasteiger partial charge in [0.15, 0.2) is 0 Å². The third kappa shape index (κ3) is 1.89. The van der Waals surface area contributed by atoms with Gasteiger partial charge in [-0.15, -0.1) is 0 Å². The zero-order valence-corrected chi connectivity index (χ0v) is 10.6. The lowest BCUT2D eigenvalue weighted by Crippen LogP contribution is -2.31. The summed E-state index contributed by atoms with van der Waals surface area (Å²) in [6, 6.07) is 15.1. The van der Waals surface area contributed by atoms with Gasteiger partial charge in [-0.2, -0.15) is 0 Å². The largest absolute Gasteiger partial charge is 0.398 e. The van der Waals surface area contributed by atoms with Gasteiger partial charge in [-0.1, -0.05) is 42.0 Å². The van der Waals surface area contributed by atoms with Crippen LogP contribution in [0.5, 0.6) is 0 Å². The Hall–Kier alpha value is -1.80. The smallest absolute Gasteiger partial charge is 0.0600 e. The van der Waals surface area contributed by atoms with Crippen LogP contribution in [0.15, 0.2) is 42.5 Å². The highest BCUT2D eigenvalue weighted by Crippen LogP contribution is 2.32. The van der Waals surface area contributed by atoms with E-state index in [1.807, 2.05) is 6.07 Å². The van der Waals surface area contributed by atoms with Crippen LogP contribution < -0.4 is 11.1 Å². The zero-order chi connectivity index (χ0) is 12.5. The summed E-state index contributed by atoms with van der Waals surface area (Å²) in [6.45, 7) is 3.12. The molecule has 0 fully saturated rings. The van der Waals surface area contributed by atoms with E-state index in [2.05, 4.69) is 48.6 Å². The lowest BCUT2D eigenvalue weighted by Gasteiger charge is -2.28. The van der Waals surface area contributed by atoms with E-state index in [0.717, 1.165) is 18.7 Å². The number of nitrogens with two attached hydrogens (primary N) is 1. The van der Waals surface area contributed by atoms with E-state index >= 15 is 0 Å². The Morgan fingerprint density at radius 2 is 1.94 bits per heavy atom. The van der Waals surface area contributed by atoms with Crippen LogP contribution in [-0.2, 0) is 6.42 Å². The first-order valence-electron chi connectivity index (χ1n) is 6.43. The van der Waals surface area contributed by atoms with Gasteiger partial charge < -0.3 is 11.1 Å². The van der Waals surface area contributed by atoms with Crippen molar-refractivity contribution in [3.05, 3.63) is 64.7 Å². The Kier molecular flexibility index (Phi) is 2.80. The van der Waals surface area contributed by atoms with E-state index in [0.29, 0.717) is 0 Å². The second-order valence-electron chi connectivity index (χ2n) is 4.97. The average molecular weight is 238 g/mol. The van der Waals surface area contributed by atoms with Gasteiger partial charge >= 0.3 is 0 Å². The average Bonchev–Trinajstić information content (AvgIpc) is 2.41. The van der Waals surface area contributed by atoms with E-state index in [9.17, 15) is 0 Å². The maximum absolute atomic E-state index is 6.14. The molecule has 1 unspecified atom stereocenters. The van der Waals surface area contributed by atoms with Crippen molar-refractivity contribution in [1.29, 1.82) is 0 Å². The summed E-state index contributed by atoms with van der Waals surface area (Å²) < 4.78 is 0. The Labute approximate surface area is 108 Å². The molecule has 2 nitrogen and oxygen atoms in total. The van der Waals surface area contributed by atoms with Gasteiger partial charge in [0.25, 0.3) is 0 Å². The minimum absolute atomic E-state index is 0.231. The van der Waals surface area contributed by atoms with Crippen LogP contribution in [-0.4, -0.2) is 6.54 Å². The lowest BCUT2D eigenvalue weighted by atomic mass is 9.88. The number of hydrogen-bond donors (Lipinski definition) is 2. The molecule has 0 amide bonds. The van der Waals surface area contributed by atoms with Crippen molar-refractivity contribution in [2.75, 3.05) is 12.3 Å². The van der Waals surface area contributed by atoms with Gasteiger partial charge in [-0.05, 0) is 36.1 Å². The molecular weight excluding hydrogens is 220 g/mol. The summed E-state index contributed by atoms with van der Waals surface area (Å²) in [5.74, 6) is 0. The molecule has 2 aromatic carbocycles. The van der Waals surface area contributed by atoms with Gasteiger partial charge in [0.1, 0.15) is 0 Å². The van der Waals surface area contributed by atoms with E-state index in [1.165, 1.54) is 22.3 Å². The Morgan fingerprint density at radius 1 is 1.11 bits per heavy atom. The SMILES string of the molecule is Cc1ccc(N)c(C2NCCc3ccccc32)c1. The normalized spacial score (nSPS) is 18.4. The lowest BCUT2D eigenvalue weighted by molar-refractivity contribution is 0.569. The monoisotopic (exact) mass is 238 g/mol. The van der Waals surface area contributed by atoms with Crippen molar-refractivity contribution in [2.24, 2.45) is 0 Å². The van der Waals surface area contributed by atoms with E-state index < -0.39 is 0 Å². The van der Waals surface area contributed by atoms with E-state index in [4.69, 9.17) is 5.73 Å². The predicted octanol–water partition coefficient (Wildman–Crippen LogP) is 2.81. The Bertz CT molecular complexity index is 575. The van der Waals surface area contributed by atoms with E-state index in [1.54, 1.807) is 0 Å². The molecule has 2 heteroatoms. The number of aryl methyl sites for hydroxylation is 1. The van der Waals surface area contributed by atoms with Gasteiger partial charge in [0.2, 0.25) is 0 Å². The molecule has 0 saturated heterocycles. The van der Waals surface area contributed by atoms with Crippen LogP contribution in [0.25, 0.3) is 0 Å². The number of benzene rings is 2. The number of hydrogen-bond acceptors (Lipinski definition) is 2. The van der Waals surface area contributed by atoms with Crippen molar-refractivity contribution in [3.63, 3.8) is 0 Å². The summed E-state index contributed by atoms with van der Waals surface area (Å²) in [7, 11) is 0. The molecule has 3 N–H and O–H groups in total. The standard InChI is InChI=1S/C16H18N2/c1-11-6-7-15(17)14(10-11)16-13-5-3-2-4-12(13)8-9-18-16/h2-7,10,16,18H,8-9,17H2,1H3. The van der Waals surface area contributed by atoms with Crippen molar-refractivity contribution in [2.45, 2.75) is 19.4 Å². The summed E-state index contributed by atoms with van der Waals surface area (Å²) in [5, 5.41) is 3.58. The number of fused-ring (bicyclic) bond motifs is 1. The summed E-state index contributed by atoms with van der Waals surface area (Å²) in [6.07, 6.45) is 1.10. The van der Waals surface area contributed by atoms with Crippen molar-refractivity contribution in [1.82, 2.24) is 5.32 Å². The molecule has 2 aromatic rings. The van der Waals surface area contributed by atoms with Gasteiger partial charge in [0.05, 0.1) is 6.04 Å². The fourth-order valence-corrected chi connectivity index (χ4v) is 2.73. The van der Waals surface area contributed by atoms with Gasteiger partial charge in [0, 0.05) is 12.2 Å². The van der Waals surface area contributed by atoms with Crippen LogP contribution in [0, 0.1) is 6.92 Å². The topological polar surface area (TPSA) is 38.0 Å². The molecule has 1 aliphatic rings. The highest BCUT2D eigenvalue weighted by molar-refractivity contribution is 5.54. The molecule has 0 saturated carbocycles. The van der Waals surface area contributed by atoms with Crippen molar-refractivity contribution >= 4 is 5.69 Å². The molecule has 0 aliphatic carbocycles. The van der Waals surface area contributed by atoms with Gasteiger partial charge in [-0.3, -0.25) is 0 Å². The van der Waals surface area contributed by atoms with Crippen molar-refractivity contribution < 1.29 is 0 Å². The molecule has 3 rings (SSSR count). The second-order valence-corrected chi connectivity index (χ2v) is 4.97. The molecule has 0 aromatic heterocycles. The third-order valence-corrected chi connectivity index (χ3v) is 3.66. The van der Waals surface area contributed by atoms with Crippen molar-refractivity contribution in [3.8, 4) is 0 Å². The first-order valence-corrected chi connectivity index (χ1v) is 6.43. The molecule has 1 heterocycles. The first-order chi connectivity index (χ1) is 8.75. The zero-order valence-electron chi connectivity index (χ0n) is 10.6. The maximum Gasteiger partial charge on any atom is 0.0600 e. The molecule has 0 radical (unpaired) electrons. The minimum Gasteiger partial charge on any atom is -0.398 e. The Balaban J connectivity index is 2.11. The molecular formula is C16H18N2. The highest BCUT2D eigenvalue weighted by Gasteiger charge is 2.22. The first kappa shape index (κ1) is 11.3. The molecule has 92 valence electrons. The number of nitrogens with one attached hydrogen (secondary N) is 1. The fourth-order valence-electron chi connectivity index (χ4n) is 2.73. The summed E-state index contributed by atoms with van der Waals surface area (Å²) >= 11 is 0. The number of anilines is 1. The maximum atomic E-state index is 6.14. The molecule has 0 spiro atoms. The summed E-state index contributed by atoms with van der Waals surface area (Å²) in [4.78, 5) is 0. The summed E-state index contributed by atoms with van der Waals surface area (Å²) in [5.41, 5.74) is 12.3. The second kappa shape index (κ2) is 4.46. The van der Waals surface area contributed by atoms with Crippen LogP contribution in [0.1, 0.15) is 28.3 Å². The fraction of sp³-hybridized carbons (Fsp3) is 0.250. The molecule has 18 heavy (non-hydrogen) atoms. The van der Waals surface area contributed by atoms with E-state index in [-0.39, 0.29) is 6.04 Å². The Morgan fingerprint density at radius 3 is 2.83 bits per heavy atom. The minimum atomic E-state index is 0.231. The van der Waals surface area contributed by atoms with Crippen LogP contribution in [0.4, 0.5) is 5.69 Å². The molecule has 1 aliphatic heterocycles. The number of rotatable bonds is 1. The highest BCUT2D eigenvalue weighted by atomic mass is 14.9. The molecule has 0 bridgehead atoms. The quantitative estimate of drug-likeness (QED) is 0.750. The molecule has 1 atom stereocenters. The van der Waals surface area contributed by atoms with Crippen LogP contribution >= 0.6 is 0 Å². The predicted molar refractivity (Wildman–Crippen MR) is 75.6 cm³/mol. The third-order valence-electron chi connectivity index (χ3n) is 3.66.